The molecule has 2 aliphatic carbocycles. The first-order valence-electron chi connectivity index (χ1n) is 12.7. The molecule has 0 spiro atoms. The van der Waals surface area contributed by atoms with E-state index in [4.69, 9.17) is 0 Å². The number of hydrogen-bond acceptors (Lipinski definition) is 5. The van der Waals surface area contributed by atoms with Gasteiger partial charge in [0.05, 0.1) is 5.56 Å². The first-order chi connectivity index (χ1) is 15.7. The molecule has 4 aliphatic rings. The topological polar surface area (TPSA) is 68.8 Å². The van der Waals surface area contributed by atoms with Crippen LogP contribution in [0.3, 0.4) is 0 Å². The molecule has 2 unspecified atom stereocenters. The molecule has 0 aromatic carbocycles. The van der Waals surface area contributed by atoms with Crippen molar-refractivity contribution in [3.8, 4) is 0 Å². The second-order valence-corrected chi connectivity index (χ2v) is 10.1. The lowest BCUT2D eigenvalue weighted by atomic mass is 9.88. The Balaban J connectivity index is 1.35. The molecule has 1 aromatic heterocycles. The van der Waals surface area contributed by atoms with Crippen molar-refractivity contribution in [2.24, 2.45) is 5.92 Å². The molecule has 3 heterocycles. The Bertz CT molecular complexity index is 787. The van der Waals surface area contributed by atoms with Gasteiger partial charge in [-0.05, 0) is 50.2 Å². The highest BCUT2D eigenvalue weighted by Gasteiger charge is 2.46. The van der Waals surface area contributed by atoms with Crippen LogP contribution < -0.4 is 5.32 Å². The van der Waals surface area contributed by atoms with Crippen molar-refractivity contribution in [1.82, 2.24) is 25.0 Å². The summed E-state index contributed by atoms with van der Waals surface area (Å²) in [5.41, 5.74) is 0.580. The van der Waals surface area contributed by atoms with Gasteiger partial charge in [-0.15, -0.1) is 0 Å². The van der Waals surface area contributed by atoms with Crippen molar-refractivity contribution < 1.29 is 9.59 Å². The summed E-state index contributed by atoms with van der Waals surface area (Å²) in [5.74, 6) is 0.844. The Morgan fingerprint density at radius 2 is 1.84 bits per heavy atom. The summed E-state index contributed by atoms with van der Waals surface area (Å²) < 4.78 is 0. The average Bonchev–Trinajstić information content (AvgIpc) is 3.61. The predicted molar refractivity (Wildman–Crippen MR) is 123 cm³/mol. The number of aromatic nitrogens is 1. The summed E-state index contributed by atoms with van der Waals surface area (Å²) in [6.07, 6.45) is 13.3. The highest BCUT2D eigenvalue weighted by atomic mass is 16.2. The molecule has 1 aromatic rings. The van der Waals surface area contributed by atoms with Gasteiger partial charge in [0, 0.05) is 63.7 Å². The molecule has 174 valence electrons. The number of nitrogens with one attached hydrogen (secondary N) is 1. The Kier molecular flexibility index (Phi) is 6.74. The molecule has 2 atom stereocenters. The molecule has 0 radical (unpaired) electrons. The molecule has 4 fully saturated rings. The predicted octanol–water partition coefficient (Wildman–Crippen LogP) is 2.14. The molecule has 7 nitrogen and oxygen atoms in total. The van der Waals surface area contributed by atoms with Crippen LogP contribution in [-0.2, 0) is 4.79 Å². The van der Waals surface area contributed by atoms with Crippen LogP contribution in [0.4, 0.5) is 0 Å². The van der Waals surface area contributed by atoms with Gasteiger partial charge < -0.3 is 15.1 Å². The van der Waals surface area contributed by atoms with E-state index in [2.05, 4.69) is 15.2 Å². The number of hydrogen-bond donors (Lipinski definition) is 1. The maximum atomic E-state index is 13.6. The van der Waals surface area contributed by atoms with Crippen molar-refractivity contribution in [3.05, 3.63) is 30.1 Å². The van der Waals surface area contributed by atoms with Gasteiger partial charge in [0.2, 0.25) is 5.91 Å². The molecule has 5 rings (SSSR count). The third-order valence-electron chi connectivity index (χ3n) is 7.84. The maximum absolute atomic E-state index is 13.6. The molecule has 0 bridgehead atoms. The summed E-state index contributed by atoms with van der Waals surface area (Å²) in [7, 11) is 0. The molecule has 1 N–H and O–H groups in total. The number of pyridine rings is 1. The van der Waals surface area contributed by atoms with Gasteiger partial charge in [-0.1, -0.05) is 19.3 Å². The summed E-state index contributed by atoms with van der Waals surface area (Å²) in [5, 5.41) is 3.32. The Hall–Kier alpha value is -1.99. The minimum absolute atomic E-state index is 0.0532. The minimum Gasteiger partial charge on any atom is -0.338 e. The van der Waals surface area contributed by atoms with Crippen LogP contribution in [0, 0.1) is 5.92 Å². The summed E-state index contributed by atoms with van der Waals surface area (Å²) >= 11 is 0. The van der Waals surface area contributed by atoms with E-state index in [9.17, 15) is 9.59 Å². The van der Waals surface area contributed by atoms with Crippen LogP contribution >= 0.6 is 0 Å². The Labute approximate surface area is 191 Å². The fraction of sp³-hybridized carbons (Fsp3) is 0.720. The van der Waals surface area contributed by atoms with E-state index >= 15 is 0 Å². The smallest absolute Gasteiger partial charge is 0.256 e. The number of piperazine rings is 1. The van der Waals surface area contributed by atoms with Gasteiger partial charge in [0.25, 0.3) is 5.91 Å². The summed E-state index contributed by atoms with van der Waals surface area (Å²) in [4.78, 5) is 37.7. The third kappa shape index (κ3) is 4.84. The van der Waals surface area contributed by atoms with Crippen molar-refractivity contribution in [3.63, 3.8) is 0 Å². The highest BCUT2D eigenvalue weighted by molar-refractivity contribution is 5.97. The first kappa shape index (κ1) is 21.8. The van der Waals surface area contributed by atoms with Crippen molar-refractivity contribution in [1.29, 1.82) is 0 Å². The van der Waals surface area contributed by atoms with Crippen LogP contribution in [-0.4, -0.2) is 88.9 Å². The largest absolute Gasteiger partial charge is 0.338 e. The van der Waals surface area contributed by atoms with Gasteiger partial charge in [-0.25, -0.2) is 0 Å². The van der Waals surface area contributed by atoms with E-state index in [0.29, 0.717) is 18.2 Å². The number of carbonyl (C=O) groups excluding carboxylic acids is 2. The zero-order chi connectivity index (χ0) is 21.9. The SMILES string of the molecule is O=C(C1CC(N(CC2CCCCC2)C2CC2)CN1C(=O)c1cccnc1)N1CCNCC1. The minimum atomic E-state index is -0.363. The molecule has 7 heteroatoms. The van der Waals surface area contributed by atoms with Crippen LogP contribution in [0.2, 0.25) is 0 Å². The molecule has 2 saturated heterocycles. The lowest BCUT2D eigenvalue weighted by Crippen LogP contribution is -2.53. The number of rotatable bonds is 6. The van der Waals surface area contributed by atoms with E-state index in [0.717, 1.165) is 45.1 Å². The van der Waals surface area contributed by atoms with Crippen molar-refractivity contribution >= 4 is 11.8 Å². The van der Waals surface area contributed by atoms with Crippen molar-refractivity contribution in [2.75, 3.05) is 39.3 Å². The first-order valence-corrected chi connectivity index (χ1v) is 12.7. The fourth-order valence-corrected chi connectivity index (χ4v) is 5.93. The van der Waals surface area contributed by atoms with Gasteiger partial charge in [-0.2, -0.15) is 0 Å². The van der Waals surface area contributed by atoms with Crippen LogP contribution in [0.25, 0.3) is 0 Å². The lowest BCUT2D eigenvalue weighted by Gasteiger charge is -2.34. The molecule has 2 aliphatic heterocycles. The van der Waals surface area contributed by atoms with Crippen LogP contribution in [0.5, 0.6) is 0 Å². The van der Waals surface area contributed by atoms with E-state index in [1.54, 1.807) is 18.5 Å². The molecule has 2 saturated carbocycles. The average molecular weight is 440 g/mol. The van der Waals surface area contributed by atoms with E-state index < -0.39 is 0 Å². The summed E-state index contributed by atoms with van der Waals surface area (Å²) in [6, 6.07) is 4.18. The summed E-state index contributed by atoms with van der Waals surface area (Å²) in [6.45, 7) is 4.90. The van der Waals surface area contributed by atoms with E-state index in [1.807, 2.05) is 15.9 Å². The van der Waals surface area contributed by atoms with Crippen molar-refractivity contribution in [2.45, 2.75) is 69.5 Å². The van der Waals surface area contributed by atoms with Gasteiger partial charge in [0.15, 0.2) is 0 Å². The second-order valence-electron chi connectivity index (χ2n) is 10.1. The van der Waals surface area contributed by atoms with Gasteiger partial charge >= 0.3 is 0 Å². The molecular weight excluding hydrogens is 402 g/mol. The monoisotopic (exact) mass is 439 g/mol. The van der Waals surface area contributed by atoms with Gasteiger partial charge in [-0.3, -0.25) is 19.5 Å². The maximum Gasteiger partial charge on any atom is 0.256 e. The zero-order valence-corrected chi connectivity index (χ0v) is 19.1. The normalized spacial score (nSPS) is 27.2. The number of likely N-dealkylation sites (tertiary alicyclic amines) is 1. The fourth-order valence-electron chi connectivity index (χ4n) is 5.93. The zero-order valence-electron chi connectivity index (χ0n) is 19.1. The quantitative estimate of drug-likeness (QED) is 0.736. The number of amides is 2. The molecule has 2 amide bonds. The van der Waals surface area contributed by atoms with E-state index in [-0.39, 0.29) is 23.9 Å². The van der Waals surface area contributed by atoms with Gasteiger partial charge in [0.1, 0.15) is 6.04 Å². The third-order valence-corrected chi connectivity index (χ3v) is 7.84. The number of carbonyl (C=O) groups is 2. The second kappa shape index (κ2) is 9.87. The number of nitrogens with zero attached hydrogens (tertiary/aromatic N) is 4. The Morgan fingerprint density at radius 3 is 2.53 bits per heavy atom. The Morgan fingerprint density at radius 1 is 1.06 bits per heavy atom. The highest BCUT2D eigenvalue weighted by Crippen LogP contribution is 2.36. The molecule has 32 heavy (non-hydrogen) atoms. The van der Waals surface area contributed by atoms with Crippen LogP contribution in [0.1, 0.15) is 61.7 Å². The van der Waals surface area contributed by atoms with E-state index in [1.165, 1.54) is 44.9 Å². The lowest BCUT2D eigenvalue weighted by molar-refractivity contribution is -0.135. The molecular formula is C25H37N5O2. The van der Waals surface area contributed by atoms with Crippen LogP contribution in [0.15, 0.2) is 24.5 Å². The standard InChI is InChI=1S/C25H37N5O2/c31-24(20-7-4-10-27-16-20)30-18-22(15-23(30)25(32)28-13-11-26-12-14-28)29(21-8-9-21)17-19-5-2-1-3-6-19/h4,7,10,16,19,21-23,26H,1-3,5-6,8-9,11-15,17-18H2.